The maximum atomic E-state index is 5.32. The Labute approximate surface area is 144 Å². The van der Waals surface area contributed by atoms with Gasteiger partial charge in [-0.1, -0.05) is 0 Å². The molecule has 0 amide bonds. The fraction of sp³-hybridized carbons (Fsp3) is 0.222. The number of aromatic nitrogens is 1. The second-order valence-corrected chi connectivity index (χ2v) is 6.26. The molecule has 0 bridgehead atoms. The van der Waals surface area contributed by atoms with Gasteiger partial charge in [-0.15, -0.1) is 11.3 Å². The lowest BCUT2D eigenvalue weighted by molar-refractivity contribution is 0.415. The highest BCUT2D eigenvalue weighted by molar-refractivity contribution is 7.07. The van der Waals surface area contributed by atoms with Crippen LogP contribution in [0.15, 0.2) is 62.6 Å². The Morgan fingerprint density at radius 3 is 2.62 bits per heavy atom. The van der Waals surface area contributed by atoms with Crippen molar-refractivity contribution >= 4 is 17.6 Å². The topological polar surface area (TPSA) is 52.0 Å². The van der Waals surface area contributed by atoms with E-state index in [-0.39, 0.29) is 6.04 Å². The van der Waals surface area contributed by atoms with Crippen molar-refractivity contribution < 1.29 is 9.15 Å². The summed E-state index contributed by atoms with van der Waals surface area (Å²) in [4.78, 5) is 5.50. The predicted octanol–water partition coefficient (Wildman–Crippen LogP) is 4.01. The third-order valence-electron chi connectivity index (χ3n) is 3.28. The summed E-state index contributed by atoms with van der Waals surface area (Å²) in [7, 11) is 1.66. The van der Waals surface area contributed by atoms with Crippen molar-refractivity contribution in [2.24, 2.45) is 10.1 Å². The number of furan rings is 1. The van der Waals surface area contributed by atoms with E-state index in [4.69, 9.17) is 9.15 Å². The summed E-state index contributed by atoms with van der Waals surface area (Å²) < 4.78 is 12.4. The molecule has 2 heterocycles. The Kier molecular flexibility index (Phi) is 4.96. The van der Waals surface area contributed by atoms with Gasteiger partial charge in [-0.2, -0.15) is 5.10 Å². The zero-order valence-corrected chi connectivity index (χ0v) is 14.7. The largest absolute Gasteiger partial charge is 0.497 e. The van der Waals surface area contributed by atoms with Gasteiger partial charge in [0.1, 0.15) is 11.5 Å². The monoisotopic (exact) mass is 341 g/mol. The minimum Gasteiger partial charge on any atom is -0.497 e. The van der Waals surface area contributed by atoms with E-state index in [9.17, 15) is 0 Å². The molecule has 2 aromatic heterocycles. The highest BCUT2D eigenvalue weighted by Crippen LogP contribution is 2.23. The summed E-state index contributed by atoms with van der Waals surface area (Å²) in [5.41, 5.74) is 2.03. The quantitative estimate of drug-likeness (QED) is 0.658. The summed E-state index contributed by atoms with van der Waals surface area (Å²) in [6, 6.07) is 11.8. The predicted molar refractivity (Wildman–Crippen MR) is 96.7 cm³/mol. The molecular weight excluding hydrogens is 322 g/mol. The van der Waals surface area contributed by atoms with Crippen LogP contribution in [-0.4, -0.2) is 24.0 Å². The van der Waals surface area contributed by atoms with Crippen LogP contribution in [0, 0.1) is 0 Å². The molecule has 0 spiro atoms. The van der Waals surface area contributed by atoms with Crippen LogP contribution < -0.4 is 9.54 Å². The van der Waals surface area contributed by atoms with Gasteiger partial charge in [0.2, 0.25) is 4.80 Å². The molecule has 0 aliphatic rings. The molecule has 0 N–H and O–H groups in total. The fourth-order valence-corrected chi connectivity index (χ4v) is 3.13. The van der Waals surface area contributed by atoms with Gasteiger partial charge in [0.05, 0.1) is 25.3 Å². The second-order valence-electron chi connectivity index (χ2n) is 5.43. The number of nitrogens with zero attached hydrogens (tertiary/aromatic N) is 3. The maximum Gasteiger partial charge on any atom is 0.206 e. The first kappa shape index (κ1) is 16.3. The molecule has 0 fully saturated rings. The van der Waals surface area contributed by atoms with Crippen molar-refractivity contribution in [1.29, 1.82) is 0 Å². The van der Waals surface area contributed by atoms with Gasteiger partial charge in [0.25, 0.3) is 0 Å². The maximum absolute atomic E-state index is 5.32. The summed E-state index contributed by atoms with van der Waals surface area (Å²) in [6.07, 6.45) is 3.32. The van der Waals surface area contributed by atoms with Crippen molar-refractivity contribution in [3.63, 3.8) is 0 Å². The molecule has 0 aliphatic heterocycles. The van der Waals surface area contributed by atoms with Crippen molar-refractivity contribution in [2.45, 2.75) is 19.9 Å². The normalized spacial score (nSPS) is 12.4. The van der Waals surface area contributed by atoms with Gasteiger partial charge < -0.3 is 9.15 Å². The van der Waals surface area contributed by atoms with Crippen LogP contribution in [0.2, 0.25) is 0 Å². The third-order valence-corrected chi connectivity index (χ3v) is 4.11. The number of hydrogen-bond donors (Lipinski definition) is 0. The Balaban J connectivity index is 2.06. The van der Waals surface area contributed by atoms with Crippen LogP contribution in [0.25, 0.3) is 11.3 Å². The van der Waals surface area contributed by atoms with E-state index in [1.165, 1.54) is 0 Å². The molecular formula is C18H19N3O2S. The zero-order chi connectivity index (χ0) is 16.9. The van der Waals surface area contributed by atoms with Crippen LogP contribution in [0.5, 0.6) is 5.75 Å². The lowest BCUT2D eigenvalue weighted by atomic mass is 10.2. The number of thiazole rings is 1. The molecule has 0 aliphatic carbocycles. The Bertz CT molecular complexity index is 872. The Hall–Kier alpha value is -2.60. The average molecular weight is 341 g/mol. The molecule has 1 aromatic carbocycles. The molecule has 0 atom stereocenters. The number of hydrogen-bond acceptors (Lipinski definition) is 5. The highest BCUT2D eigenvalue weighted by Gasteiger charge is 2.08. The minimum atomic E-state index is 0.192. The molecule has 0 saturated heterocycles. The third kappa shape index (κ3) is 3.65. The standard InChI is InChI=1S/C18H19N3O2S/c1-13(2)20-18-21(19-11-16-5-4-10-23-16)17(12-24-18)14-6-8-15(22-3)9-7-14/h4-13H,1-3H3. The lowest BCUT2D eigenvalue weighted by Crippen LogP contribution is -2.14. The van der Waals surface area contributed by atoms with Gasteiger partial charge in [-0.25, -0.2) is 4.68 Å². The van der Waals surface area contributed by atoms with E-state index in [0.29, 0.717) is 5.76 Å². The molecule has 6 heteroatoms. The van der Waals surface area contributed by atoms with E-state index in [1.54, 1.807) is 30.9 Å². The number of rotatable bonds is 5. The Morgan fingerprint density at radius 2 is 2.00 bits per heavy atom. The van der Waals surface area contributed by atoms with Crippen LogP contribution in [0.4, 0.5) is 0 Å². The molecule has 24 heavy (non-hydrogen) atoms. The summed E-state index contributed by atoms with van der Waals surface area (Å²) in [5, 5.41) is 6.62. The first-order chi connectivity index (χ1) is 11.7. The Morgan fingerprint density at radius 1 is 1.21 bits per heavy atom. The van der Waals surface area contributed by atoms with Gasteiger partial charge in [-0.3, -0.25) is 4.99 Å². The first-order valence-electron chi connectivity index (χ1n) is 7.64. The summed E-state index contributed by atoms with van der Waals surface area (Å²) >= 11 is 1.57. The van der Waals surface area contributed by atoms with Crippen LogP contribution >= 0.6 is 11.3 Å². The van der Waals surface area contributed by atoms with Crippen molar-refractivity contribution in [2.75, 3.05) is 7.11 Å². The van der Waals surface area contributed by atoms with Crippen LogP contribution in [0.3, 0.4) is 0 Å². The number of ether oxygens (including phenoxy) is 1. The molecule has 3 rings (SSSR count). The first-order valence-corrected chi connectivity index (χ1v) is 8.52. The fourth-order valence-electron chi connectivity index (χ4n) is 2.16. The van der Waals surface area contributed by atoms with Crippen molar-refractivity contribution in [3.8, 4) is 17.0 Å². The van der Waals surface area contributed by atoms with Gasteiger partial charge >= 0.3 is 0 Å². The molecule has 3 aromatic rings. The zero-order valence-electron chi connectivity index (χ0n) is 13.8. The van der Waals surface area contributed by atoms with Gasteiger partial charge in [0, 0.05) is 17.0 Å². The summed E-state index contributed by atoms with van der Waals surface area (Å²) in [6.45, 7) is 4.10. The minimum absolute atomic E-state index is 0.192. The van der Waals surface area contributed by atoms with Gasteiger partial charge in [0.15, 0.2) is 0 Å². The number of methoxy groups -OCH3 is 1. The SMILES string of the molecule is COc1ccc(-c2csc(=NC(C)C)n2N=Cc2ccco2)cc1. The average Bonchev–Trinajstić information content (AvgIpc) is 3.22. The lowest BCUT2D eigenvalue weighted by Gasteiger charge is -2.05. The van der Waals surface area contributed by atoms with E-state index >= 15 is 0 Å². The smallest absolute Gasteiger partial charge is 0.206 e. The van der Waals surface area contributed by atoms with Crippen molar-refractivity contribution in [1.82, 2.24) is 4.68 Å². The number of benzene rings is 1. The molecule has 5 nitrogen and oxygen atoms in total. The van der Waals surface area contributed by atoms with E-state index in [1.807, 2.05) is 54.9 Å². The molecule has 0 radical (unpaired) electrons. The molecule has 0 unspecified atom stereocenters. The summed E-state index contributed by atoms with van der Waals surface area (Å²) in [5.74, 6) is 1.52. The van der Waals surface area contributed by atoms with E-state index in [2.05, 4.69) is 15.5 Å². The van der Waals surface area contributed by atoms with E-state index in [0.717, 1.165) is 21.8 Å². The van der Waals surface area contributed by atoms with Gasteiger partial charge in [-0.05, 0) is 50.2 Å². The van der Waals surface area contributed by atoms with E-state index < -0.39 is 0 Å². The highest BCUT2D eigenvalue weighted by atomic mass is 32.1. The molecule has 124 valence electrons. The molecule has 0 saturated carbocycles. The van der Waals surface area contributed by atoms with Crippen LogP contribution in [0.1, 0.15) is 19.6 Å². The van der Waals surface area contributed by atoms with Crippen LogP contribution in [-0.2, 0) is 0 Å². The van der Waals surface area contributed by atoms with Crippen molar-refractivity contribution in [3.05, 3.63) is 58.6 Å². The second kappa shape index (κ2) is 7.31.